The number of fused-ring (bicyclic) bond motifs is 2. The highest BCUT2D eigenvalue weighted by Gasteiger charge is 2.67. The third-order valence-electron chi connectivity index (χ3n) is 5.39. The fourth-order valence-corrected chi connectivity index (χ4v) is 4.15. The molecule has 1 aliphatic heterocycles. The van der Waals surface area contributed by atoms with Crippen molar-refractivity contribution in [2.45, 2.75) is 24.0 Å². The lowest BCUT2D eigenvalue weighted by molar-refractivity contribution is -0.124. The smallest absolute Gasteiger partial charge is 0.238 e. The van der Waals surface area contributed by atoms with Gasteiger partial charge in [0.05, 0.1) is 12.0 Å². The Morgan fingerprint density at radius 1 is 1.16 bits per heavy atom. The zero-order valence-corrected chi connectivity index (χ0v) is 15.0. The Morgan fingerprint density at radius 3 is 2.52 bits per heavy atom. The SMILES string of the molecule is COC(CN1C(=O)[C@]2(C[C@@H]2c2ccc(Cl)cc2)c2ccccc21)OC. The third kappa shape index (κ3) is 2.48. The van der Waals surface area contributed by atoms with E-state index in [-0.39, 0.29) is 11.8 Å². The number of benzene rings is 2. The number of nitrogens with zero attached hydrogens (tertiary/aromatic N) is 1. The molecule has 2 atom stereocenters. The zero-order valence-electron chi connectivity index (χ0n) is 14.2. The van der Waals surface area contributed by atoms with Crippen LogP contribution in [0.25, 0.3) is 0 Å². The summed E-state index contributed by atoms with van der Waals surface area (Å²) in [6.07, 6.45) is 0.380. The molecule has 1 amide bonds. The van der Waals surface area contributed by atoms with Crippen LogP contribution in [0, 0.1) is 0 Å². The van der Waals surface area contributed by atoms with E-state index in [0.717, 1.165) is 23.2 Å². The number of anilines is 1. The molecule has 1 fully saturated rings. The molecule has 1 heterocycles. The van der Waals surface area contributed by atoms with Crippen molar-refractivity contribution in [2.24, 2.45) is 0 Å². The van der Waals surface area contributed by atoms with Crippen molar-refractivity contribution in [1.29, 1.82) is 0 Å². The molecule has 4 rings (SSSR count). The van der Waals surface area contributed by atoms with Gasteiger partial charge in [-0.3, -0.25) is 4.79 Å². The number of para-hydroxylation sites is 1. The predicted octanol–water partition coefficient (Wildman–Crippen LogP) is 3.73. The number of amides is 1. The fraction of sp³-hybridized carbons (Fsp3) is 0.350. The molecule has 1 saturated carbocycles. The standard InChI is InChI=1S/C20H20ClNO3/c1-24-18(25-2)12-22-17-6-4-3-5-15(17)20(19(22)23)11-16(20)13-7-9-14(21)10-8-13/h3-10,16,18H,11-12H2,1-2H3/t16-,20-/m1/s1. The second-order valence-electron chi connectivity index (χ2n) is 6.61. The number of hydrogen-bond donors (Lipinski definition) is 0. The highest BCUT2D eigenvalue weighted by molar-refractivity contribution is 6.30. The van der Waals surface area contributed by atoms with Gasteiger partial charge in [-0.25, -0.2) is 0 Å². The van der Waals surface area contributed by atoms with E-state index in [1.807, 2.05) is 47.4 Å². The van der Waals surface area contributed by atoms with E-state index in [0.29, 0.717) is 11.6 Å². The van der Waals surface area contributed by atoms with E-state index < -0.39 is 11.7 Å². The van der Waals surface area contributed by atoms with Gasteiger partial charge in [-0.1, -0.05) is 41.9 Å². The minimum Gasteiger partial charge on any atom is -0.354 e. The molecule has 0 radical (unpaired) electrons. The van der Waals surface area contributed by atoms with E-state index in [1.54, 1.807) is 14.2 Å². The molecule has 0 aromatic heterocycles. The normalized spacial score (nSPS) is 24.2. The highest BCUT2D eigenvalue weighted by atomic mass is 35.5. The Balaban J connectivity index is 1.71. The molecule has 2 aromatic carbocycles. The van der Waals surface area contributed by atoms with Crippen molar-refractivity contribution < 1.29 is 14.3 Å². The van der Waals surface area contributed by atoms with Gasteiger partial charge in [0.25, 0.3) is 0 Å². The van der Waals surface area contributed by atoms with Gasteiger partial charge in [0, 0.05) is 30.8 Å². The average molecular weight is 358 g/mol. The summed E-state index contributed by atoms with van der Waals surface area (Å²) in [7, 11) is 3.17. The van der Waals surface area contributed by atoms with Crippen LogP contribution in [0.4, 0.5) is 5.69 Å². The van der Waals surface area contributed by atoms with Crippen LogP contribution in [0.1, 0.15) is 23.5 Å². The maximum absolute atomic E-state index is 13.4. The van der Waals surface area contributed by atoms with Crippen molar-refractivity contribution >= 4 is 23.2 Å². The summed E-state index contributed by atoms with van der Waals surface area (Å²) in [5.74, 6) is 0.319. The van der Waals surface area contributed by atoms with Crippen LogP contribution in [0.15, 0.2) is 48.5 Å². The van der Waals surface area contributed by atoms with Crippen LogP contribution in [0.2, 0.25) is 5.02 Å². The monoisotopic (exact) mass is 357 g/mol. The van der Waals surface area contributed by atoms with Crippen molar-refractivity contribution in [3.05, 3.63) is 64.7 Å². The van der Waals surface area contributed by atoms with E-state index >= 15 is 0 Å². The van der Waals surface area contributed by atoms with Gasteiger partial charge in [-0.2, -0.15) is 0 Å². The molecule has 0 saturated heterocycles. The van der Waals surface area contributed by atoms with Gasteiger partial charge in [-0.05, 0) is 35.7 Å². The van der Waals surface area contributed by atoms with E-state index in [1.165, 1.54) is 0 Å². The summed E-state index contributed by atoms with van der Waals surface area (Å²) in [4.78, 5) is 15.2. The summed E-state index contributed by atoms with van der Waals surface area (Å²) in [6.45, 7) is 0.387. The molecule has 0 bridgehead atoms. The molecular weight excluding hydrogens is 338 g/mol. The molecule has 1 spiro atoms. The topological polar surface area (TPSA) is 38.8 Å². The number of carbonyl (C=O) groups excluding carboxylic acids is 1. The molecule has 2 aromatic rings. The average Bonchev–Trinajstić information content (AvgIpc) is 3.35. The number of hydrogen-bond acceptors (Lipinski definition) is 3. The van der Waals surface area contributed by atoms with E-state index in [9.17, 15) is 4.79 Å². The van der Waals surface area contributed by atoms with Crippen molar-refractivity contribution in [2.75, 3.05) is 25.7 Å². The van der Waals surface area contributed by atoms with Gasteiger partial charge < -0.3 is 14.4 Å². The zero-order chi connectivity index (χ0) is 17.6. The summed E-state index contributed by atoms with van der Waals surface area (Å²) in [6, 6.07) is 15.8. The summed E-state index contributed by atoms with van der Waals surface area (Å²) in [5, 5.41) is 0.709. The summed E-state index contributed by atoms with van der Waals surface area (Å²) >= 11 is 6.01. The molecule has 1 aliphatic carbocycles. The molecule has 4 nitrogen and oxygen atoms in total. The molecule has 2 aliphatic rings. The second kappa shape index (κ2) is 6.13. The maximum Gasteiger partial charge on any atom is 0.238 e. The predicted molar refractivity (Wildman–Crippen MR) is 97.1 cm³/mol. The van der Waals surface area contributed by atoms with Crippen LogP contribution in [-0.4, -0.2) is 33.0 Å². The van der Waals surface area contributed by atoms with Crippen LogP contribution >= 0.6 is 11.6 Å². The lowest BCUT2D eigenvalue weighted by atomic mass is 9.92. The van der Waals surface area contributed by atoms with Crippen LogP contribution in [-0.2, 0) is 19.7 Å². The van der Waals surface area contributed by atoms with Gasteiger partial charge in [0.2, 0.25) is 5.91 Å². The number of ether oxygens (including phenoxy) is 2. The Kier molecular flexibility index (Phi) is 4.07. The summed E-state index contributed by atoms with van der Waals surface area (Å²) in [5.41, 5.74) is 2.76. The maximum atomic E-state index is 13.4. The van der Waals surface area contributed by atoms with Gasteiger partial charge in [0.1, 0.15) is 0 Å². The lowest BCUT2D eigenvalue weighted by Gasteiger charge is -2.23. The Labute approximate surface area is 152 Å². The Morgan fingerprint density at radius 2 is 1.84 bits per heavy atom. The quantitative estimate of drug-likeness (QED) is 0.765. The number of halogens is 1. The lowest BCUT2D eigenvalue weighted by Crippen LogP contribution is -2.39. The highest BCUT2D eigenvalue weighted by Crippen LogP contribution is 2.66. The van der Waals surface area contributed by atoms with Crippen LogP contribution in [0.3, 0.4) is 0 Å². The van der Waals surface area contributed by atoms with Crippen molar-refractivity contribution in [1.82, 2.24) is 0 Å². The number of methoxy groups -OCH3 is 2. The second-order valence-corrected chi connectivity index (χ2v) is 7.05. The summed E-state index contributed by atoms with van der Waals surface area (Å²) < 4.78 is 10.6. The number of rotatable bonds is 5. The fourth-order valence-electron chi connectivity index (χ4n) is 4.02. The largest absolute Gasteiger partial charge is 0.354 e. The van der Waals surface area contributed by atoms with Gasteiger partial charge in [-0.15, -0.1) is 0 Å². The first-order chi connectivity index (χ1) is 12.1. The molecule has 130 valence electrons. The third-order valence-corrected chi connectivity index (χ3v) is 5.64. The van der Waals surface area contributed by atoms with E-state index in [4.69, 9.17) is 21.1 Å². The van der Waals surface area contributed by atoms with Gasteiger partial charge >= 0.3 is 0 Å². The molecule has 0 N–H and O–H groups in total. The van der Waals surface area contributed by atoms with Crippen LogP contribution in [0.5, 0.6) is 0 Å². The minimum atomic E-state index is -0.462. The van der Waals surface area contributed by atoms with Gasteiger partial charge in [0.15, 0.2) is 6.29 Å². The van der Waals surface area contributed by atoms with Crippen molar-refractivity contribution in [3.63, 3.8) is 0 Å². The Hall–Kier alpha value is -1.88. The minimum absolute atomic E-state index is 0.132. The van der Waals surface area contributed by atoms with Crippen LogP contribution < -0.4 is 4.90 Å². The molecular formula is C20H20ClNO3. The number of carbonyl (C=O) groups is 1. The van der Waals surface area contributed by atoms with Crippen molar-refractivity contribution in [3.8, 4) is 0 Å². The molecule has 5 heteroatoms. The Bertz CT molecular complexity index is 803. The first-order valence-corrected chi connectivity index (χ1v) is 8.72. The molecule has 25 heavy (non-hydrogen) atoms. The first-order valence-electron chi connectivity index (χ1n) is 8.34. The van der Waals surface area contributed by atoms with E-state index in [2.05, 4.69) is 6.07 Å². The first kappa shape index (κ1) is 16.6. The molecule has 0 unspecified atom stereocenters.